The summed E-state index contributed by atoms with van der Waals surface area (Å²) in [4.78, 5) is 12.6. The van der Waals surface area contributed by atoms with Crippen molar-refractivity contribution in [3.8, 4) is 0 Å². The molecule has 3 aliphatic rings. The van der Waals surface area contributed by atoms with Crippen molar-refractivity contribution in [1.82, 2.24) is 0 Å². The highest BCUT2D eigenvalue weighted by Crippen LogP contribution is 2.67. The molecule has 88 valence electrons. The van der Waals surface area contributed by atoms with Crippen molar-refractivity contribution in [2.45, 2.75) is 33.6 Å². The van der Waals surface area contributed by atoms with Crippen LogP contribution in [0.2, 0.25) is 0 Å². The van der Waals surface area contributed by atoms with Crippen LogP contribution in [0.3, 0.4) is 0 Å². The number of Topliss-reactive ketones (excluding diaryl/α,β-unsaturated/α-hetero) is 1. The van der Waals surface area contributed by atoms with Crippen LogP contribution in [0.1, 0.15) is 41.9 Å². The predicted molar refractivity (Wildman–Crippen MR) is 63.9 cm³/mol. The van der Waals surface area contributed by atoms with Crippen molar-refractivity contribution in [3.05, 3.63) is 34.3 Å². The molecule has 1 saturated carbocycles. The van der Waals surface area contributed by atoms with E-state index in [-0.39, 0.29) is 11.2 Å². The van der Waals surface area contributed by atoms with Crippen molar-refractivity contribution >= 4 is 5.78 Å². The van der Waals surface area contributed by atoms with Crippen LogP contribution in [0.15, 0.2) is 21.8 Å². The standard InChI is InChI=1S/C15H16O2/c1-7-6-17-11-5-15(3)10-4-9(10)8(2)13(15)14(16)12(7)11/h6,9-10H,4-5H2,1-3H3/t9-,10-,15+/m1/s1. The second-order valence-electron chi connectivity index (χ2n) is 6.15. The lowest BCUT2D eigenvalue weighted by atomic mass is 9.68. The number of aryl methyl sites for hydroxylation is 1. The summed E-state index contributed by atoms with van der Waals surface area (Å²) in [6.45, 7) is 6.38. The van der Waals surface area contributed by atoms with E-state index < -0.39 is 0 Å². The highest BCUT2D eigenvalue weighted by atomic mass is 16.3. The summed E-state index contributed by atoms with van der Waals surface area (Å²) in [7, 11) is 0. The van der Waals surface area contributed by atoms with E-state index in [0.29, 0.717) is 11.8 Å². The van der Waals surface area contributed by atoms with E-state index >= 15 is 0 Å². The Morgan fingerprint density at radius 3 is 2.94 bits per heavy atom. The van der Waals surface area contributed by atoms with Crippen LogP contribution >= 0.6 is 0 Å². The molecular weight excluding hydrogens is 212 g/mol. The molecule has 1 aromatic rings. The second kappa shape index (κ2) is 2.58. The van der Waals surface area contributed by atoms with Gasteiger partial charge in [0.05, 0.1) is 11.8 Å². The van der Waals surface area contributed by atoms with E-state index in [2.05, 4.69) is 13.8 Å². The fraction of sp³-hybridized carbons (Fsp3) is 0.533. The lowest BCUT2D eigenvalue weighted by molar-refractivity contribution is 0.0978. The van der Waals surface area contributed by atoms with Gasteiger partial charge in [0.2, 0.25) is 0 Å². The maximum atomic E-state index is 12.6. The van der Waals surface area contributed by atoms with E-state index in [1.165, 1.54) is 12.0 Å². The Balaban J connectivity index is 1.99. The zero-order valence-corrected chi connectivity index (χ0v) is 10.5. The van der Waals surface area contributed by atoms with E-state index in [4.69, 9.17) is 4.42 Å². The van der Waals surface area contributed by atoms with Crippen LogP contribution in [0, 0.1) is 24.2 Å². The number of ketones is 1. The van der Waals surface area contributed by atoms with Crippen LogP contribution in [-0.2, 0) is 6.42 Å². The van der Waals surface area contributed by atoms with E-state index in [9.17, 15) is 4.79 Å². The smallest absolute Gasteiger partial charge is 0.193 e. The van der Waals surface area contributed by atoms with Crippen LogP contribution in [0.4, 0.5) is 0 Å². The average Bonchev–Trinajstić information content (AvgIpc) is 2.94. The third kappa shape index (κ3) is 0.921. The Bertz CT molecular complexity index is 590. The number of fused-ring (bicyclic) bond motifs is 4. The molecule has 1 fully saturated rings. The summed E-state index contributed by atoms with van der Waals surface area (Å²) < 4.78 is 5.59. The van der Waals surface area contributed by atoms with Crippen LogP contribution in [-0.4, -0.2) is 5.78 Å². The van der Waals surface area contributed by atoms with Gasteiger partial charge in [-0.3, -0.25) is 4.79 Å². The van der Waals surface area contributed by atoms with Gasteiger partial charge in [0.25, 0.3) is 0 Å². The van der Waals surface area contributed by atoms with Crippen molar-refractivity contribution < 1.29 is 9.21 Å². The van der Waals surface area contributed by atoms with Crippen LogP contribution in [0.25, 0.3) is 0 Å². The van der Waals surface area contributed by atoms with Crippen molar-refractivity contribution in [1.29, 1.82) is 0 Å². The monoisotopic (exact) mass is 228 g/mol. The zero-order valence-electron chi connectivity index (χ0n) is 10.5. The van der Waals surface area contributed by atoms with E-state index in [1.54, 1.807) is 6.26 Å². The first-order valence-electron chi connectivity index (χ1n) is 6.37. The van der Waals surface area contributed by atoms with Gasteiger partial charge < -0.3 is 4.42 Å². The lowest BCUT2D eigenvalue weighted by Crippen LogP contribution is -2.33. The van der Waals surface area contributed by atoms with Crippen molar-refractivity contribution in [2.75, 3.05) is 0 Å². The Morgan fingerprint density at radius 2 is 2.18 bits per heavy atom. The maximum absolute atomic E-state index is 12.6. The molecule has 0 saturated heterocycles. The van der Waals surface area contributed by atoms with E-state index in [0.717, 1.165) is 28.9 Å². The lowest BCUT2D eigenvalue weighted by Gasteiger charge is -2.33. The number of rotatable bonds is 0. The number of allylic oxidation sites excluding steroid dienone is 2. The molecule has 1 heterocycles. The van der Waals surface area contributed by atoms with Gasteiger partial charge in [0.1, 0.15) is 5.76 Å². The minimum atomic E-state index is 0.0587. The van der Waals surface area contributed by atoms with Gasteiger partial charge >= 0.3 is 0 Å². The van der Waals surface area contributed by atoms with Gasteiger partial charge in [-0.2, -0.15) is 0 Å². The van der Waals surface area contributed by atoms with Crippen LogP contribution in [0.5, 0.6) is 0 Å². The Hall–Kier alpha value is -1.31. The van der Waals surface area contributed by atoms with E-state index in [1.807, 2.05) is 6.92 Å². The van der Waals surface area contributed by atoms with Gasteiger partial charge in [0, 0.05) is 17.4 Å². The number of carbonyl (C=O) groups excluding carboxylic acids is 1. The largest absolute Gasteiger partial charge is 0.468 e. The molecule has 17 heavy (non-hydrogen) atoms. The normalized spacial score (nSPS) is 37.9. The molecule has 4 rings (SSSR count). The summed E-state index contributed by atoms with van der Waals surface area (Å²) >= 11 is 0. The molecule has 0 N–H and O–H groups in total. The SMILES string of the molecule is CC1=C2C(=O)c3c(C)coc3C[C@@]2(C)[C@@H]2C[C@H]12. The third-order valence-corrected chi connectivity index (χ3v) is 5.16. The van der Waals surface area contributed by atoms with Gasteiger partial charge in [0.15, 0.2) is 5.78 Å². The summed E-state index contributed by atoms with van der Waals surface area (Å²) in [5.74, 6) is 2.53. The van der Waals surface area contributed by atoms with Gasteiger partial charge in [-0.05, 0) is 37.7 Å². The number of hydrogen-bond acceptors (Lipinski definition) is 2. The fourth-order valence-electron chi connectivity index (χ4n) is 4.25. The van der Waals surface area contributed by atoms with Gasteiger partial charge in [-0.15, -0.1) is 0 Å². The first kappa shape index (κ1) is 9.69. The minimum Gasteiger partial charge on any atom is -0.468 e. The Labute approximate surface area is 101 Å². The van der Waals surface area contributed by atoms with Gasteiger partial charge in [-0.25, -0.2) is 0 Å². The first-order chi connectivity index (χ1) is 8.04. The number of hydrogen-bond donors (Lipinski definition) is 0. The second-order valence-corrected chi connectivity index (χ2v) is 6.15. The molecule has 0 radical (unpaired) electrons. The molecule has 0 unspecified atom stereocenters. The average molecular weight is 228 g/mol. The number of carbonyl (C=O) groups is 1. The molecule has 3 atom stereocenters. The Kier molecular flexibility index (Phi) is 1.47. The molecule has 0 spiro atoms. The molecule has 3 aliphatic carbocycles. The fourth-order valence-corrected chi connectivity index (χ4v) is 4.25. The summed E-state index contributed by atoms with van der Waals surface area (Å²) in [5, 5.41) is 0. The van der Waals surface area contributed by atoms with Crippen molar-refractivity contribution in [3.63, 3.8) is 0 Å². The molecule has 2 nitrogen and oxygen atoms in total. The minimum absolute atomic E-state index is 0.0587. The topological polar surface area (TPSA) is 30.2 Å². The molecular formula is C15H16O2. The summed E-state index contributed by atoms with van der Waals surface area (Å²) in [6.07, 6.45) is 3.91. The van der Waals surface area contributed by atoms with Gasteiger partial charge in [-0.1, -0.05) is 12.5 Å². The first-order valence-corrected chi connectivity index (χ1v) is 6.37. The molecule has 2 heteroatoms. The van der Waals surface area contributed by atoms with Crippen LogP contribution < -0.4 is 0 Å². The Morgan fingerprint density at radius 1 is 1.41 bits per heavy atom. The number of furan rings is 1. The highest BCUT2D eigenvalue weighted by molar-refractivity contribution is 6.13. The molecule has 0 bridgehead atoms. The molecule has 0 amide bonds. The third-order valence-electron chi connectivity index (χ3n) is 5.16. The summed E-state index contributed by atoms with van der Waals surface area (Å²) in [6, 6.07) is 0. The maximum Gasteiger partial charge on any atom is 0.193 e. The van der Waals surface area contributed by atoms with Crippen molar-refractivity contribution in [2.24, 2.45) is 17.3 Å². The summed E-state index contributed by atoms with van der Waals surface area (Å²) in [5.41, 5.74) is 4.36. The zero-order chi connectivity index (χ0) is 11.9. The predicted octanol–water partition coefficient (Wildman–Crippen LogP) is 3.30. The quantitative estimate of drug-likeness (QED) is 0.682. The molecule has 0 aliphatic heterocycles. The highest BCUT2D eigenvalue weighted by Gasteiger charge is 2.62. The molecule has 0 aromatic carbocycles. The molecule has 1 aromatic heterocycles.